The van der Waals surface area contributed by atoms with Gasteiger partial charge in [-0.2, -0.15) is 0 Å². The van der Waals surface area contributed by atoms with E-state index in [2.05, 4.69) is 19.1 Å². The molecule has 1 aliphatic heterocycles. The number of benzene rings is 2. The van der Waals surface area contributed by atoms with Crippen LogP contribution in [0.1, 0.15) is 54.5 Å². The molecule has 0 bridgehead atoms. The van der Waals surface area contributed by atoms with Crippen LogP contribution in [-0.2, 0) is 11.2 Å². The summed E-state index contributed by atoms with van der Waals surface area (Å²) in [5.41, 5.74) is 4.30. The fraction of sp³-hybridized carbons (Fsp3) is 0.500. The molecule has 1 aliphatic carbocycles. The second-order valence-electron chi connectivity index (χ2n) is 8.30. The molecule has 5 atom stereocenters. The van der Waals surface area contributed by atoms with Gasteiger partial charge in [0.25, 0.3) is 0 Å². The summed E-state index contributed by atoms with van der Waals surface area (Å²) in [6, 6.07) is 14.2. The third-order valence-electron chi connectivity index (χ3n) is 5.96. The maximum atomic E-state index is 10.5. The van der Waals surface area contributed by atoms with Crippen molar-refractivity contribution in [2.24, 2.45) is 0 Å². The number of hydrogen-bond acceptors (Lipinski definition) is 5. The minimum absolute atomic E-state index is 0.391. The van der Waals surface area contributed by atoms with Crippen molar-refractivity contribution in [3.05, 3.63) is 64.7 Å². The van der Waals surface area contributed by atoms with E-state index in [0.717, 1.165) is 41.7 Å². The summed E-state index contributed by atoms with van der Waals surface area (Å²) in [4.78, 5) is 0. The van der Waals surface area contributed by atoms with Gasteiger partial charge in [0.1, 0.15) is 30.2 Å². The standard InChI is InChI=1S/C24H30O5/c1-3-20-21(25)22(26)23(27)24(29-20)16-7-4-14(2)17(13-16)12-15-5-8-18(9-6-15)28-19-10-11-19/h4-9,13,19-27H,3,10-12H2,1-2H3/t20-,21-,22+,23-,24+/m1/s1. The summed E-state index contributed by atoms with van der Waals surface area (Å²) in [7, 11) is 0. The zero-order valence-electron chi connectivity index (χ0n) is 17.0. The molecule has 0 amide bonds. The van der Waals surface area contributed by atoms with E-state index in [1.54, 1.807) is 0 Å². The highest BCUT2D eigenvalue weighted by molar-refractivity contribution is 5.38. The van der Waals surface area contributed by atoms with Crippen molar-refractivity contribution in [1.29, 1.82) is 0 Å². The minimum atomic E-state index is -1.22. The highest BCUT2D eigenvalue weighted by Crippen LogP contribution is 2.34. The Morgan fingerprint density at radius 2 is 1.69 bits per heavy atom. The lowest BCUT2D eigenvalue weighted by Gasteiger charge is -2.40. The van der Waals surface area contributed by atoms with Gasteiger partial charge in [0, 0.05) is 0 Å². The molecule has 4 rings (SSSR count). The van der Waals surface area contributed by atoms with E-state index in [1.807, 2.05) is 37.3 Å². The van der Waals surface area contributed by atoms with Gasteiger partial charge in [-0.1, -0.05) is 37.3 Å². The maximum Gasteiger partial charge on any atom is 0.119 e. The zero-order chi connectivity index (χ0) is 20.5. The van der Waals surface area contributed by atoms with Gasteiger partial charge >= 0.3 is 0 Å². The van der Waals surface area contributed by atoms with Crippen LogP contribution in [0.3, 0.4) is 0 Å². The van der Waals surface area contributed by atoms with Crippen LogP contribution in [-0.4, -0.2) is 45.8 Å². The van der Waals surface area contributed by atoms with Gasteiger partial charge in [-0.25, -0.2) is 0 Å². The first-order chi connectivity index (χ1) is 14.0. The van der Waals surface area contributed by atoms with Gasteiger partial charge in [0.05, 0.1) is 12.2 Å². The Labute approximate surface area is 171 Å². The third-order valence-corrected chi connectivity index (χ3v) is 5.96. The quantitative estimate of drug-likeness (QED) is 0.697. The van der Waals surface area contributed by atoms with Crippen molar-refractivity contribution >= 4 is 0 Å². The Morgan fingerprint density at radius 3 is 2.34 bits per heavy atom. The molecular weight excluding hydrogens is 368 g/mol. The van der Waals surface area contributed by atoms with E-state index in [1.165, 1.54) is 5.56 Å². The highest BCUT2D eigenvalue weighted by atomic mass is 16.5. The Kier molecular flexibility index (Phi) is 5.93. The fourth-order valence-electron chi connectivity index (χ4n) is 3.91. The highest BCUT2D eigenvalue weighted by Gasteiger charge is 2.43. The summed E-state index contributed by atoms with van der Waals surface area (Å²) in [5.74, 6) is 0.915. The summed E-state index contributed by atoms with van der Waals surface area (Å²) in [6.45, 7) is 3.96. The van der Waals surface area contributed by atoms with Crippen molar-refractivity contribution < 1.29 is 24.8 Å². The molecule has 0 unspecified atom stereocenters. The topological polar surface area (TPSA) is 79.2 Å². The van der Waals surface area contributed by atoms with E-state index < -0.39 is 30.5 Å². The number of aliphatic hydroxyl groups excluding tert-OH is 3. The molecule has 0 radical (unpaired) electrons. The molecule has 0 aromatic heterocycles. The molecular formula is C24H30O5. The summed E-state index contributed by atoms with van der Waals surface area (Å²) < 4.78 is 11.8. The van der Waals surface area contributed by atoms with Gasteiger partial charge in [-0.15, -0.1) is 0 Å². The summed E-state index contributed by atoms with van der Waals surface area (Å²) >= 11 is 0. The number of aliphatic hydroxyl groups is 3. The molecule has 1 heterocycles. The van der Waals surface area contributed by atoms with Crippen LogP contribution in [0.15, 0.2) is 42.5 Å². The van der Waals surface area contributed by atoms with Crippen LogP contribution < -0.4 is 4.74 Å². The summed E-state index contributed by atoms with van der Waals surface area (Å²) in [5, 5.41) is 30.8. The zero-order valence-corrected chi connectivity index (χ0v) is 17.0. The van der Waals surface area contributed by atoms with Crippen LogP contribution in [0.5, 0.6) is 5.75 Å². The van der Waals surface area contributed by atoms with Crippen molar-refractivity contribution in [2.45, 2.75) is 76.2 Å². The summed E-state index contributed by atoms with van der Waals surface area (Å²) in [6.07, 6.45) is -0.612. The predicted octanol–water partition coefficient (Wildman–Crippen LogP) is 3.06. The normalized spacial score (nSPS) is 29.6. The second-order valence-corrected chi connectivity index (χ2v) is 8.30. The lowest BCUT2D eigenvalue weighted by atomic mass is 9.88. The SMILES string of the molecule is CC[C@H]1O[C@@H](c2ccc(C)c(Cc3ccc(OC4CC4)cc3)c2)[C@H](O)[C@@H](O)[C@@H]1O. The minimum Gasteiger partial charge on any atom is -0.490 e. The van der Waals surface area contributed by atoms with Crippen molar-refractivity contribution in [1.82, 2.24) is 0 Å². The lowest BCUT2D eigenvalue weighted by molar-refractivity contribution is -0.225. The van der Waals surface area contributed by atoms with Gasteiger partial charge in [0.2, 0.25) is 0 Å². The number of aryl methyl sites for hydroxylation is 1. The van der Waals surface area contributed by atoms with E-state index in [9.17, 15) is 15.3 Å². The Morgan fingerprint density at radius 1 is 0.966 bits per heavy atom. The third kappa shape index (κ3) is 4.48. The Hall–Kier alpha value is -1.92. The van der Waals surface area contributed by atoms with Crippen molar-refractivity contribution in [2.75, 3.05) is 0 Å². The van der Waals surface area contributed by atoms with E-state index in [-0.39, 0.29) is 0 Å². The molecule has 5 heteroatoms. The molecule has 2 aliphatic rings. The molecule has 3 N–H and O–H groups in total. The lowest BCUT2D eigenvalue weighted by Crippen LogP contribution is -2.53. The second kappa shape index (κ2) is 8.44. The van der Waals surface area contributed by atoms with Gasteiger partial charge in [-0.05, 0) is 67.0 Å². The van der Waals surface area contributed by atoms with Crippen molar-refractivity contribution in [3.63, 3.8) is 0 Å². The van der Waals surface area contributed by atoms with E-state index in [0.29, 0.717) is 12.5 Å². The monoisotopic (exact) mass is 398 g/mol. The number of hydrogen-bond donors (Lipinski definition) is 3. The smallest absolute Gasteiger partial charge is 0.119 e. The van der Waals surface area contributed by atoms with Crippen LogP contribution in [0.25, 0.3) is 0 Å². The van der Waals surface area contributed by atoms with Crippen LogP contribution >= 0.6 is 0 Å². The Bertz CT molecular complexity index is 828. The van der Waals surface area contributed by atoms with Crippen molar-refractivity contribution in [3.8, 4) is 5.75 Å². The molecule has 2 aromatic carbocycles. The van der Waals surface area contributed by atoms with Gasteiger partial charge < -0.3 is 24.8 Å². The number of rotatable bonds is 6. The van der Waals surface area contributed by atoms with E-state index >= 15 is 0 Å². The molecule has 2 fully saturated rings. The fourth-order valence-corrected chi connectivity index (χ4v) is 3.91. The number of ether oxygens (including phenoxy) is 2. The van der Waals surface area contributed by atoms with Gasteiger partial charge in [-0.3, -0.25) is 0 Å². The van der Waals surface area contributed by atoms with E-state index in [4.69, 9.17) is 9.47 Å². The molecule has 1 saturated carbocycles. The molecule has 1 saturated heterocycles. The average molecular weight is 398 g/mol. The molecule has 156 valence electrons. The molecule has 0 spiro atoms. The average Bonchev–Trinajstić information content (AvgIpc) is 3.54. The van der Waals surface area contributed by atoms with Gasteiger partial charge in [0.15, 0.2) is 0 Å². The first-order valence-electron chi connectivity index (χ1n) is 10.5. The maximum absolute atomic E-state index is 10.5. The molecule has 5 nitrogen and oxygen atoms in total. The van der Waals surface area contributed by atoms with Crippen LogP contribution in [0.4, 0.5) is 0 Å². The first-order valence-corrected chi connectivity index (χ1v) is 10.5. The predicted molar refractivity (Wildman–Crippen MR) is 110 cm³/mol. The van der Waals surface area contributed by atoms with Crippen LogP contribution in [0, 0.1) is 6.92 Å². The molecule has 2 aromatic rings. The first kappa shape index (κ1) is 20.4. The van der Waals surface area contributed by atoms with Crippen LogP contribution in [0.2, 0.25) is 0 Å². The Balaban J connectivity index is 1.52. The largest absolute Gasteiger partial charge is 0.490 e. The molecule has 29 heavy (non-hydrogen) atoms.